The summed E-state index contributed by atoms with van der Waals surface area (Å²) in [5, 5.41) is 10.5. The van der Waals surface area contributed by atoms with E-state index in [1.54, 1.807) is 6.07 Å². The number of aryl methyl sites for hydroxylation is 1. The van der Waals surface area contributed by atoms with E-state index in [4.69, 9.17) is 14.2 Å². The summed E-state index contributed by atoms with van der Waals surface area (Å²) >= 11 is 3.31. The minimum atomic E-state index is -0.608. The number of hydrogen-bond donors (Lipinski definition) is 0. The SMILES string of the molecule is COc1cc(C=C[N+](=O)[O-])cc(Br)c1OC(=O)COc1ccc(C)cc1C(C)(C)C. The Hall–Kier alpha value is -2.87. The van der Waals surface area contributed by atoms with Crippen LogP contribution in [0, 0.1) is 17.0 Å². The van der Waals surface area contributed by atoms with Gasteiger partial charge in [0.25, 0.3) is 0 Å². The van der Waals surface area contributed by atoms with Gasteiger partial charge in [-0.15, -0.1) is 0 Å². The Balaban J connectivity index is 2.17. The maximum absolute atomic E-state index is 12.4. The van der Waals surface area contributed by atoms with Crippen molar-refractivity contribution >= 4 is 28.0 Å². The quantitative estimate of drug-likeness (QED) is 0.232. The van der Waals surface area contributed by atoms with Gasteiger partial charge in [-0.2, -0.15) is 0 Å². The number of hydrogen-bond acceptors (Lipinski definition) is 6. The number of methoxy groups -OCH3 is 1. The number of halogens is 1. The first kappa shape index (κ1) is 23.4. The minimum Gasteiger partial charge on any atom is -0.493 e. The summed E-state index contributed by atoms with van der Waals surface area (Å²) in [5.41, 5.74) is 2.47. The van der Waals surface area contributed by atoms with Gasteiger partial charge in [-0.05, 0) is 57.6 Å². The van der Waals surface area contributed by atoms with Crippen molar-refractivity contribution in [3.05, 3.63) is 67.8 Å². The number of nitrogens with zero attached hydrogens (tertiary/aromatic N) is 1. The second-order valence-corrected chi connectivity index (χ2v) is 8.50. The summed E-state index contributed by atoms with van der Waals surface area (Å²) in [6.07, 6.45) is 2.13. The lowest BCUT2D eigenvalue weighted by atomic mass is 9.85. The van der Waals surface area contributed by atoms with Crippen LogP contribution in [-0.2, 0) is 10.2 Å². The normalized spacial score (nSPS) is 11.4. The highest BCUT2D eigenvalue weighted by molar-refractivity contribution is 9.10. The molecule has 2 aromatic carbocycles. The van der Waals surface area contributed by atoms with Crippen LogP contribution in [0.2, 0.25) is 0 Å². The van der Waals surface area contributed by atoms with Crippen molar-refractivity contribution in [1.82, 2.24) is 0 Å². The van der Waals surface area contributed by atoms with Gasteiger partial charge in [-0.3, -0.25) is 10.1 Å². The predicted molar refractivity (Wildman–Crippen MR) is 118 cm³/mol. The monoisotopic (exact) mass is 477 g/mol. The number of carbonyl (C=O) groups is 1. The molecule has 0 unspecified atom stereocenters. The molecule has 0 fully saturated rings. The molecule has 0 bridgehead atoms. The van der Waals surface area contributed by atoms with E-state index >= 15 is 0 Å². The molecular weight excluding hydrogens is 454 g/mol. The molecule has 2 rings (SSSR count). The number of rotatable bonds is 7. The topological polar surface area (TPSA) is 87.9 Å². The van der Waals surface area contributed by atoms with Gasteiger partial charge in [0.15, 0.2) is 18.1 Å². The van der Waals surface area contributed by atoms with Crippen LogP contribution in [0.5, 0.6) is 17.2 Å². The Labute approximate surface area is 183 Å². The van der Waals surface area contributed by atoms with E-state index in [9.17, 15) is 14.9 Å². The van der Waals surface area contributed by atoms with Crippen molar-refractivity contribution in [3.8, 4) is 17.2 Å². The van der Waals surface area contributed by atoms with Gasteiger partial charge < -0.3 is 14.2 Å². The summed E-state index contributed by atoms with van der Waals surface area (Å²) in [7, 11) is 1.42. The van der Waals surface area contributed by atoms with Crippen LogP contribution in [0.1, 0.15) is 37.5 Å². The fraction of sp³-hybridized carbons (Fsp3) is 0.318. The van der Waals surface area contributed by atoms with Gasteiger partial charge in [0.2, 0.25) is 6.20 Å². The molecule has 8 heteroatoms. The first-order chi connectivity index (χ1) is 14.0. The van der Waals surface area contributed by atoms with Crippen LogP contribution in [0.25, 0.3) is 6.08 Å². The lowest BCUT2D eigenvalue weighted by Crippen LogP contribution is -2.20. The molecule has 0 aliphatic carbocycles. The molecule has 0 aliphatic heterocycles. The third-order valence-electron chi connectivity index (χ3n) is 4.14. The van der Waals surface area contributed by atoms with E-state index in [0.29, 0.717) is 15.8 Å². The van der Waals surface area contributed by atoms with E-state index in [1.807, 2.05) is 25.1 Å². The third-order valence-corrected chi connectivity index (χ3v) is 4.73. The van der Waals surface area contributed by atoms with Crippen molar-refractivity contribution in [3.63, 3.8) is 0 Å². The molecule has 0 atom stereocenters. The van der Waals surface area contributed by atoms with E-state index in [0.717, 1.165) is 17.3 Å². The Bertz CT molecular complexity index is 978. The standard InChI is InChI=1S/C22H24BrNO6/c1-14-6-7-18(16(10-14)22(2,3)4)29-13-20(25)30-21-17(23)11-15(8-9-24(26)27)12-19(21)28-5/h6-12H,13H2,1-5H3. The molecule has 0 aromatic heterocycles. The molecular formula is C22H24BrNO6. The van der Waals surface area contributed by atoms with E-state index in [2.05, 4.69) is 36.7 Å². The minimum absolute atomic E-state index is 0.148. The largest absolute Gasteiger partial charge is 0.493 e. The molecule has 2 aromatic rings. The molecule has 0 N–H and O–H groups in total. The zero-order valence-corrected chi connectivity index (χ0v) is 19.1. The number of carbonyl (C=O) groups excluding carboxylic acids is 1. The molecule has 0 amide bonds. The van der Waals surface area contributed by atoms with Crippen LogP contribution in [0.3, 0.4) is 0 Å². The summed E-state index contributed by atoms with van der Waals surface area (Å²) < 4.78 is 16.8. The van der Waals surface area contributed by atoms with Crippen LogP contribution in [-0.4, -0.2) is 24.6 Å². The van der Waals surface area contributed by atoms with Crippen molar-refractivity contribution in [2.24, 2.45) is 0 Å². The zero-order chi connectivity index (χ0) is 22.5. The molecule has 0 heterocycles. The van der Waals surface area contributed by atoms with Crippen LogP contribution < -0.4 is 14.2 Å². The highest BCUT2D eigenvalue weighted by Crippen LogP contribution is 2.37. The van der Waals surface area contributed by atoms with Gasteiger partial charge >= 0.3 is 5.97 Å². The second kappa shape index (κ2) is 9.75. The number of benzene rings is 2. The fourth-order valence-corrected chi connectivity index (χ4v) is 3.26. The van der Waals surface area contributed by atoms with Gasteiger partial charge in [0.1, 0.15) is 5.75 Å². The van der Waals surface area contributed by atoms with Crippen LogP contribution in [0.4, 0.5) is 0 Å². The van der Waals surface area contributed by atoms with Gasteiger partial charge in [-0.25, -0.2) is 4.79 Å². The van der Waals surface area contributed by atoms with Crippen molar-refractivity contribution < 1.29 is 23.9 Å². The molecule has 7 nitrogen and oxygen atoms in total. The molecule has 0 spiro atoms. The summed E-state index contributed by atoms with van der Waals surface area (Å²) in [6.45, 7) is 7.93. The predicted octanol–water partition coefficient (Wildman–Crippen LogP) is 5.30. The van der Waals surface area contributed by atoms with E-state index in [-0.39, 0.29) is 23.5 Å². The summed E-state index contributed by atoms with van der Waals surface area (Å²) in [5.74, 6) is 0.440. The Kier molecular flexibility index (Phi) is 7.61. The molecule has 0 aliphatic rings. The Morgan fingerprint density at radius 2 is 1.90 bits per heavy atom. The van der Waals surface area contributed by atoms with Crippen LogP contribution in [0.15, 0.2) is 41.0 Å². The average molecular weight is 478 g/mol. The second-order valence-electron chi connectivity index (χ2n) is 7.65. The fourth-order valence-electron chi connectivity index (χ4n) is 2.72. The van der Waals surface area contributed by atoms with E-state index in [1.165, 1.54) is 19.3 Å². The molecule has 30 heavy (non-hydrogen) atoms. The summed E-state index contributed by atoms with van der Waals surface area (Å²) in [6, 6.07) is 8.93. The molecule has 0 saturated heterocycles. The van der Waals surface area contributed by atoms with Gasteiger partial charge in [0, 0.05) is 6.08 Å². The molecule has 160 valence electrons. The first-order valence-electron chi connectivity index (χ1n) is 9.15. The number of nitro groups is 1. The maximum atomic E-state index is 12.4. The first-order valence-corrected chi connectivity index (χ1v) is 9.94. The maximum Gasteiger partial charge on any atom is 0.349 e. The Morgan fingerprint density at radius 1 is 1.20 bits per heavy atom. The van der Waals surface area contributed by atoms with Gasteiger partial charge in [-0.1, -0.05) is 38.5 Å². The number of ether oxygens (including phenoxy) is 3. The Morgan fingerprint density at radius 3 is 2.50 bits per heavy atom. The van der Waals surface area contributed by atoms with Crippen molar-refractivity contribution in [2.75, 3.05) is 13.7 Å². The molecule has 0 radical (unpaired) electrons. The van der Waals surface area contributed by atoms with Crippen LogP contribution >= 0.6 is 15.9 Å². The lowest BCUT2D eigenvalue weighted by molar-refractivity contribution is -0.400. The average Bonchev–Trinajstić information content (AvgIpc) is 2.66. The third kappa shape index (κ3) is 6.32. The molecule has 0 saturated carbocycles. The van der Waals surface area contributed by atoms with Gasteiger partial charge in [0.05, 0.1) is 16.5 Å². The van der Waals surface area contributed by atoms with E-state index < -0.39 is 10.9 Å². The smallest absolute Gasteiger partial charge is 0.349 e. The summed E-state index contributed by atoms with van der Waals surface area (Å²) in [4.78, 5) is 22.4. The van der Waals surface area contributed by atoms with Crippen molar-refractivity contribution in [2.45, 2.75) is 33.1 Å². The van der Waals surface area contributed by atoms with Crippen molar-refractivity contribution in [1.29, 1.82) is 0 Å². The highest BCUT2D eigenvalue weighted by atomic mass is 79.9. The zero-order valence-electron chi connectivity index (χ0n) is 17.5. The number of esters is 1. The lowest BCUT2D eigenvalue weighted by Gasteiger charge is -2.23. The highest BCUT2D eigenvalue weighted by Gasteiger charge is 2.21.